The molecule has 1 atom stereocenters. The summed E-state index contributed by atoms with van der Waals surface area (Å²) in [4.78, 5) is 22.4. The van der Waals surface area contributed by atoms with Crippen LogP contribution in [0, 0.1) is 0 Å². The minimum absolute atomic E-state index is 0.0711. The van der Waals surface area contributed by atoms with Crippen molar-refractivity contribution in [2.24, 2.45) is 0 Å². The van der Waals surface area contributed by atoms with Gasteiger partial charge in [-0.2, -0.15) is 0 Å². The van der Waals surface area contributed by atoms with Gasteiger partial charge in [0.25, 0.3) is 0 Å². The molecule has 0 aromatic heterocycles. The van der Waals surface area contributed by atoms with E-state index < -0.39 is 0 Å². The molecule has 0 aromatic rings. The van der Waals surface area contributed by atoms with Crippen molar-refractivity contribution in [1.82, 2.24) is 10.6 Å². The zero-order valence-corrected chi connectivity index (χ0v) is 10.7. The molecular formula is C11H22N2O3. The van der Waals surface area contributed by atoms with Gasteiger partial charge in [0, 0.05) is 11.6 Å². The molecule has 0 heterocycles. The summed E-state index contributed by atoms with van der Waals surface area (Å²) in [6.45, 7) is 7.80. The van der Waals surface area contributed by atoms with E-state index in [2.05, 4.69) is 15.4 Å². The lowest BCUT2D eigenvalue weighted by atomic mass is 10.1. The number of hydrogen-bond donors (Lipinski definition) is 2. The zero-order chi connectivity index (χ0) is 12.8. The lowest BCUT2D eigenvalue weighted by molar-refractivity contribution is -0.141. The van der Waals surface area contributed by atoms with E-state index in [1.54, 1.807) is 0 Å². The number of carbonyl (C=O) groups is 2. The second kappa shape index (κ2) is 6.48. The first kappa shape index (κ1) is 14.9. The van der Waals surface area contributed by atoms with Crippen LogP contribution in [0.4, 0.5) is 0 Å². The van der Waals surface area contributed by atoms with Gasteiger partial charge in [0.2, 0.25) is 5.91 Å². The maximum absolute atomic E-state index is 11.4. The highest BCUT2D eigenvalue weighted by Gasteiger charge is 2.15. The van der Waals surface area contributed by atoms with Crippen LogP contribution in [0.25, 0.3) is 0 Å². The third kappa shape index (κ3) is 8.23. The van der Waals surface area contributed by atoms with Crippen molar-refractivity contribution in [1.29, 1.82) is 0 Å². The first-order valence-electron chi connectivity index (χ1n) is 5.36. The van der Waals surface area contributed by atoms with E-state index in [4.69, 9.17) is 0 Å². The van der Waals surface area contributed by atoms with Crippen molar-refractivity contribution < 1.29 is 14.3 Å². The summed E-state index contributed by atoms with van der Waals surface area (Å²) in [5.41, 5.74) is -0.232. The number of methoxy groups -OCH3 is 1. The number of amides is 1. The van der Waals surface area contributed by atoms with Crippen molar-refractivity contribution in [3.05, 3.63) is 0 Å². The van der Waals surface area contributed by atoms with Crippen LogP contribution in [-0.2, 0) is 14.3 Å². The SMILES string of the molecule is COC(=O)CC(C)NCC(=O)NC(C)(C)C. The van der Waals surface area contributed by atoms with Crippen LogP contribution in [0.15, 0.2) is 0 Å². The van der Waals surface area contributed by atoms with Crippen LogP contribution in [0.1, 0.15) is 34.1 Å². The Morgan fingerprint density at radius 3 is 2.31 bits per heavy atom. The lowest BCUT2D eigenvalue weighted by Gasteiger charge is -2.21. The number of hydrogen-bond acceptors (Lipinski definition) is 4. The summed E-state index contributed by atoms with van der Waals surface area (Å²) in [6.07, 6.45) is 0.263. The van der Waals surface area contributed by atoms with Gasteiger partial charge >= 0.3 is 5.97 Å². The topological polar surface area (TPSA) is 67.4 Å². The molecule has 0 rings (SSSR count). The van der Waals surface area contributed by atoms with Crippen molar-refractivity contribution >= 4 is 11.9 Å². The molecule has 0 radical (unpaired) electrons. The molecule has 2 N–H and O–H groups in total. The molecule has 5 nitrogen and oxygen atoms in total. The van der Waals surface area contributed by atoms with E-state index in [1.165, 1.54) is 7.11 Å². The van der Waals surface area contributed by atoms with Gasteiger partial charge in [0.15, 0.2) is 0 Å². The highest BCUT2D eigenvalue weighted by Crippen LogP contribution is 1.98. The lowest BCUT2D eigenvalue weighted by Crippen LogP contribution is -2.46. The van der Waals surface area contributed by atoms with Gasteiger partial charge in [-0.15, -0.1) is 0 Å². The molecule has 0 aromatic carbocycles. The summed E-state index contributed by atoms with van der Waals surface area (Å²) < 4.78 is 4.53. The zero-order valence-electron chi connectivity index (χ0n) is 10.7. The molecule has 0 saturated carbocycles. The van der Waals surface area contributed by atoms with E-state index in [9.17, 15) is 9.59 Å². The fourth-order valence-corrected chi connectivity index (χ4v) is 1.13. The van der Waals surface area contributed by atoms with Crippen LogP contribution in [0.3, 0.4) is 0 Å². The highest BCUT2D eigenvalue weighted by molar-refractivity contribution is 5.78. The van der Waals surface area contributed by atoms with Crippen molar-refractivity contribution in [2.45, 2.75) is 45.7 Å². The minimum Gasteiger partial charge on any atom is -0.469 e. The molecule has 0 bridgehead atoms. The van der Waals surface area contributed by atoms with Gasteiger partial charge in [-0.05, 0) is 27.7 Å². The van der Waals surface area contributed by atoms with Gasteiger partial charge in [-0.3, -0.25) is 9.59 Å². The maximum atomic E-state index is 11.4. The number of esters is 1. The molecule has 0 saturated heterocycles. The molecule has 1 unspecified atom stereocenters. The minimum atomic E-state index is -0.281. The Morgan fingerprint density at radius 1 is 1.31 bits per heavy atom. The molecule has 0 aliphatic rings. The van der Waals surface area contributed by atoms with Gasteiger partial charge in [0.05, 0.1) is 20.1 Å². The summed E-state index contributed by atoms with van der Waals surface area (Å²) in [5, 5.41) is 5.78. The van der Waals surface area contributed by atoms with Gasteiger partial charge in [-0.25, -0.2) is 0 Å². The number of nitrogens with one attached hydrogen (secondary N) is 2. The van der Waals surface area contributed by atoms with Crippen molar-refractivity contribution in [2.75, 3.05) is 13.7 Å². The fraction of sp³-hybridized carbons (Fsp3) is 0.818. The first-order valence-corrected chi connectivity index (χ1v) is 5.36. The van der Waals surface area contributed by atoms with Crippen LogP contribution in [0.2, 0.25) is 0 Å². The Hall–Kier alpha value is -1.10. The van der Waals surface area contributed by atoms with E-state index in [0.29, 0.717) is 0 Å². The number of rotatable bonds is 5. The summed E-state index contributed by atoms with van der Waals surface area (Å²) in [5.74, 6) is -0.361. The average Bonchev–Trinajstić information content (AvgIpc) is 2.12. The largest absolute Gasteiger partial charge is 0.469 e. The highest BCUT2D eigenvalue weighted by atomic mass is 16.5. The smallest absolute Gasteiger partial charge is 0.307 e. The number of ether oxygens (including phenoxy) is 1. The quantitative estimate of drug-likeness (QED) is 0.673. The monoisotopic (exact) mass is 230 g/mol. The molecule has 0 fully saturated rings. The molecule has 5 heteroatoms. The van der Waals surface area contributed by atoms with Gasteiger partial charge < -0.3 is 15.4 Å². The average molecular weight is 230 g/mol. The maximum Gasteiger partial charge on any atom is 0.307 e. The van der Waals surface area contributed by atoms with Crippen LogP contribution in [0.5, 0.6) is 0 Å². The standard InChI is InChI=1S/C11H22N2O3/c1-8(6-10(15)16-5)12-7-9(14)13-11(2,3)4/h8,12H,6-7H2,1-5H3,(H,13,14). The first-order chi connectivity index (χ1) is 7.24. The third-order valence-electron chi connectivity index (χ3n) is 1.83. The van der Waals surface area contributed by atoms with Gasteiger partial charge in [0.1, 0.15) is 0 Å². The Bertz CT molecular complexity index is 246. The number of carbonyl (C=O) groups excluding carboxylic acids is 2. The summed E-state index contributed by atoms with van der Waals surface area (Å²) >= 11 is 0. The molecule has 1 amide bonds. The summed E-state index contributed by atoms with van der Waals surface area (Å²) in [7, 11) is 1.35. The second-order valence-electron chi connectivity index (χ2n) is 4.86. The van der Waals surface area contributed by atoms with Crippen LogP contribution < -0.4 is 10.6 Å². The predicted octanol–water partition coefficient (Wildman–Crippen LogP) is 0.442. The third-order valence-corrected chi connectivity index (χ3v) is 1.83. The predicted molar refractivity (Wildman–Crippen MR) is 62.0 cm³/mol. The van der Waals surface area contributed by atoms with Crippen molar-refractivity contribution in [3.8, 4) is 0 Å². The molecule has 0 aliphatic carbocycles. The Morgan fingerprint density at radius 2 is 1.88 bits per heavy atom. The molecule has 16 heavy (non-hydrogen) atoms. The Balaban J connectivity index is 3.79. The van der Waals surface area contributed by atoms with E-state index in [-0.39, 0.29) is 36.4 Å². The second-order valence-corrected chi connectivity index (χ2v) is 4.86. The Labute approximate surface area is 96.9 Å². The van der Waals surface area contributed by atoms with Crippen LogP contribution >= 0.6 is 0 Å². The molecule has 0 aliphatic heterocycles. The molecular weight excluding hydrogens is 208 g/mol. The normalized spacial score (nSPS) is 13.1. The van der Waals surface area contributed by atoms with E-state index in [1.807, 2.05) is 27.7 Å². The molecule has 0 spiro atoms. The molecule has 94 valence electrons. The van der Waals surface area contributed by atoms with Crippen molar-refractivity contribution in [3.63, 3.8) is 0 Å². The van der Waals surface area contributed by atoms with E-state index in [0.717, 1.165) is 0 Å². The fourth-order valence-electron chi connectivity index (χ4n) is 1.13. The van der Waals surface area contributed by atoms with Gasteiger partial charge in [-0.1, -0.05) is 0 Å². The van der Waals surface area contributed by atoms with E-state index >= 15 is 0 Å². The Kier molecular flexibility index (Phi) is 6.03. The van der Waals surface area contributed by atoms with Crippen LogP contribution in [-0.4, -0.2) is 37.1 Å². The summed E-state index contributed by atoms with van der Waals surface area (Å²) in [6, 6.07) is -0.0711.